The van der Waals surface area contributed by atoms with Crippen molar-refractivity contribution in [2.75, 3.05) is 0 Å². The standard InChI is InChI=1S/C13H24N2O3/c14-13(18)11(8-9-16)15-12(17)7-6-10-4-2-1-3-5-10/h4,9,11-13,15,17-18H,1-3,5-8,14H2. The summed E-state index contributed by atoms with van der Waals surface area (Å²) >= 11 is 0. The normalized spacial score (nSPS) is 20.9. The number of nitrogens with two attached hydrogens (primary N) is 1. The number of aliphatic hydroxyl groups is 2. The summed E-state index contributed by atoms with van der Waals surface area (Å²) < 4.78 is 0. The van der Waals surface area contributed by atoms with Crippen LogP contribution in [0.2, 0.25) is 0 Å². The maximum Gasteiger partial charge on any atom is 0.121 e. The Labute approximate surface area is 108 Å². The molecule has 0 aliphatic heterocycles. The number of allylic oxidation sites excluding steroid dienone is 2. The van der Waals surface area contributed by atoms with Gasteiger partial charge in [-0.2, -0.15) is 0 Å². The molecule has 3 atom stereocenters. The van der Waals surface area contributed by atoms with E-state index in [0.717, 1.165) is 19.3 Å². The summed E-state index contributed by atoms with van der Waals surface area (Å²) in [5.41, 5.74) is 6.71. The summed E-state index contributed by atoms with van der Waals surface area (Å²) in [6, 6.07) is -0.585. The number of aldehydes is 1. The SMILES string of the molecule is NC(O)C(CC=O)NC(O)CCC1=CCCCC1. The van der Waals surface area contributed by atoms with Crippen LogP contribution in [0.4, 0.5) is 0 Å². The number of hydrogen-bond acceptors (Lipinski definition) is 5. The summed E-state index contributed by atoms with van der Waals surface area (Å²) in [5.74, 6) is 0. The third-order valence-corrected chi connectivity index (χ3v) is 3.29. The molecular weight excluding hydrogens is 232 g/mol. The van der Waals surface area contributed by atoms with Crippen LogP contribution in [0.1, 0.15) is 44.9 Å². The Bertz CT molecular complexity index is 279. The highest BCUT2D eigenvalue weighted by atomic mass is 16.3. The zero-order valence-electron chi connectivity index (χ0n) is 10.7. The average Bonchev–Trinajstić information content (AvgIpc) is 2.37. The molecule has 0 aromatic rings. The van der Waals surface area contributed by atoms with E-state index >= 15 is 0 Å². The van der Waals surface area contributed by atoms with E-state index < -0.39 is 18.5 Å². The second-order valence-corrected chi connectivity index (χ2v) is 4.83. The van der Waals surface area contributed by atoms with Gasteiger partial charge in [0.05, 0.1) is 6.04 Å². The van der Waals surface area contributed by atoms with Crippen molar-refractivity contribution in [3.63, 3.8) is 0 Å². The Morgan fingerprint density at radius 2 is 2.22 bits per heavy atom. The predicted molar refractivity (Wildman–Crippen MR) is 69.6 cm³/mol. The largest absolute Gasteiger partial charge is 0.379 e. The molecule has 0 spiro atoms. The molecule has 0 heterocycles. The first-order chi connectivity index (χ1) is 8.63. The molecule has 0 radical (unpaired) electrons. The first kappa shape index (κ1) is 15.3. The van der Waals surface area contributed by atoms with Gasteiger partial charge in [-0.05, 0) is 38.5 Å². The Morgan fingerprint density at radius 3 is 2.78 bits per heavy atom. The lowest BCUT2D eigenvalue weighted by atomic mass is 9.96. The average molecular weight is 256 g/mol. The highest BCUT2D eigenvalue weighted by Crippen LogP contribution is 2.21. The van der Waals surface area contributed by atoms with Crippen molar-refractivity contribution in [2.24, 2.45) is 5.73 Å². The van der Waals surface area contributed by atoms with Gasteiger partial charge < -0.3 is 20.7 Å². The Morgan fingerprint density at radius 1 is 1.44 bits per heavy atom. The molecule has 0 aromatic carbocycles. The second kappa shape index (κ2) is 8.37. The van der Waals surface area contributed by atoms with Crippen molar-refractivity contribution in [3.8, 4) is 0 Å². The van der Waals surface area contributed by atoms with Gasteiger partial charge in [-0.3, -0.25) is 5.32 Å². The first-order valence-electron chi connectivity index (χ1n) is 6.62. The smallest absolute Gasteiger partial charge is 0.121 e. The quantitative estimate of drug-likeness (QED) is 0.286. The lowest BCUT2D eigenvalue weighted by molar-refractivity contribution is -0.109. The van der Waals surface area contributed by atoms with E-state index in [-0.39, 0.29) is 6.42 Å². The maximum atomic E-state index is 10.4. The third kappa shape index (κ3) is 5.73. The topological polar surface area (TPSA) is 95.6 Å². The molecule has 0 saturated carbocycles. The van der Waals surface area contributed by atoms with Gasteiger partial charge in [0.25, 0.3) is 0 Å². The number of nitrogens with one attached hydrogen (secondary N) is 1. The van der Waals surface area contributed by atoms with Crippen molar-refractivity contribution in [1.29, 1.82) is 0 Å². The summed E-state index contributed by atoms with van der Waals surface area (Å²) in [5, 5.41) is 21.8. The maximum absolute atomic E-state index is 10.4. The molecule has 0 bridgehead atoms. The molecule has 1 rings (SSSR count). The number of carbonyl (C=O) groups is 1. The molecule has 18 heavy (non-hydrogen) atoms. The van der Waals surface area contributed by atoms with Crippen molar-refractivity contribution in [1.82, 2.24) is 5.32 Å². The van der Waals surface area contributed by atoms with Gasteiger partial charge in [0.2, 0.25) is 0 Å². The highest BCUT2D eigenvalue weighted by molar-refractivity contribution is 5.50. The molecule has 5 heteroatoms. The lowest BCUT2D eigenvalue weighted by Gasteiger charge is -2.23. The van der Waals surface area contributed by atoms with Gasteiger partial charge in [0, 0.05) is 6.42 Å². The minimum atomic E-state index is -1.14. The van der Waals surface area contributed by atoms with E-state index in [9.17, 15) is 15.0 Å². The number of aliphatic hydroxyl groups excluding tert-OH is 2. The fraction of sp³-hybridized carbons (Fsp3) is 0.769. The van der Waals surface area contributed by atoms with E-state index in [1.807, 2.05) is 0 Å². The van der Waals surface area contributed by atoms with Gasteiger partial charge in [-0.15, -0.1) is 0 Å². The highest BCUT2D eigenvalue weighted by Gasteiger charge is 2.18. The predicted octanol–water partition coefficient (Wildman–Crippen LogP) is 0.410. The van der Waals surface area contributed by atoms with Crippen LogP contribution < -0.4 is 11.1 Å². The molecule has 0 fully saturated rings. The van der Waals surface area contributed by atoms with Crippen molar-refractivity contribution in [2.45, 2.75) is 63.4 Å². The summed E-state index contributed by atoms with van der Waals surface area (Å²) in [4.78, 5) is 10.4. The van der Waals surface area contributed by atoms with Crippen LogP contribution >= 0.6 is 0 Å². The molecule has 104 valence electrons. The molecule has 0 amide bonds. The summed E-state index contributed by atoms with van der Waals surface area (Å²) in [7, 11) is 0. The Hall–Kier alpha value is -0.750. The van der Waals surface area contributed by atoms with Crippen LogP contribution in [-0.2, 0) is 4.79 Å². The van der Waals surface area contributed by atoms with Gasteiger partial charge in [0.15, 0.2) is 0 Å². The molecule has 1 aliphatic carbocycles. The molecule has 5 N–H and O–H groups in total. The van der Waals surface area contributed by atoms with Crippen molar-refractivity contribution < 1.29 is 15.0 Å². The van der Waals surface area contributed by atoms with Crippen LogP contribution in [0, 0.1) is 0 Å². The fourth-order valence-electron chi connectivity index (χ4n) is 2.19. The van der Waals surface area contributed by atoms with Crippen LogP contribution in [0.25, 0.3) is 0 Å². The molecule has 3 unspecified atom stereocenters. The lowest BCUT2D eigenvalue weighted by Crippen LogP contribution is -2.49. The van der Waals surface area contributed by atoms with Gasteiger partial charge in [-0.1, -0.05) is 11.6 Å². The zero-order chi connectivity index (χ0) is 13.4. The van der Waals surface area contributed by atoms with E-state index in [4.69, 9.17) is 5.73 Å². The van der Waals surface area contributed by atoms with Crippen LogP contribution in [0.5, 0.6) is 0 Å². The fourth-order valence-corrected chi connectivity index (χ4v) is 2.19. The van der Waals surface area contributed by atoms with Gasteiger partial charge in [0.1, 0.15) is 18.7 Å². The number of rotatable bonds is 8. The van der Waals surface area contributed by atoms with E-state index in [1.165, 1.54) is 18.4 Å². The van der Waals surface area contributed by atoms with E-state index in [2.05, 4.69) is 11.4 Å². The number of carbonyl (C=O) groups excluding carboxylic acids is 1. The van der Waals surface area contributed by atoms with Gasteiger partial charge in [-0.25, -0.2) is 0 Å². The van der Waals surface area contributed by atoms with Gasteiger partial charge >= 0.3 is 0 Å². The summed E-state index contributed by atoms with van der Waals surface area (Å²) in [6.07, 6.45) is 7.30. The minimum Gasteiger partial charge on any atom is -0.379 e. The first-order valence-corrected chi connectivity index (χ1v) is 6.62. The van der Waals surface area contributed by atoms with Crippen LogP contribution in [-0.4, -0.2) is 35.0 Å². The third-order valence-electron chi connectivity index (χ3n) is 3.29. The molecule has 1 aliphatic rings. The summed E-state index contributed by atoms with van der Waals surface area (Å²) in [6.45, 7) is 0. The van der Waals surface area contributed by atoms with E-state index in [1.54, 1.807) is 0 Å². The monoisotopic (exact) mass is 256 g/mol. The Balaban J connectivity index is 2.28. The number of hydrogen-bond donors (Lipinski definition) is 4. The molecule has 0 saturated heterocycles. The minimum absolute atomic E-state index is 0.0947. The van der Waals surface area contributed by atoms with Crippen molar-refractivity contribution >= 4 is 6.29 Å². The Kier molecular flexibility index (Phi) is 7.12. The second-order valence-electron chi connectivity index (χ2n) is 4.83. The van der Waals surface area contributed by atoms with Crippen LogP contribution in [0.3, 0.4) is 0 Å². The van der Waals surface area contributed by atoms with E-state index in [0.29, 0.717) is 12.7 Å². The molecular formula is C13H24N2O3. The molecule has 0 aromatic heterocycles. The van der Waals surface area contributed by atoms with Crippen LogP contribution in [0.15, 0.2) is 11.6 Å². The molecule has 5 nitrogen and oxygen atoms in total. The van der Waals surface area contributed by atoms with Crippen molar-refractivity contribution in [3.05, 3.63) is 11.6 Å². The zero-order valence-corrected chi connectivity index (χ0v) is 10.7.